The smallest absolute Gasteiger partial charge is 0.248 e. The van der Waals surface area contributed by atoms with Crippen molar-refractivity contribution in [3.63, 3.8) is 0 Å². The fourth-order valence-corrected chi connectivity index (χ4v) is 5.00. The first-order valence-corrected chi connectivity index (χ1v) is 11.7. The summed E-state index contributed by atoms with van der Waals surface area (Å²) in [6, 6.07) is 11.4. The number of primary amides is 1. The van der Waals surface area contributed by atoms with Gasteiger partial charge in [-0.2, -0.15) is 0 Å². The van der Waals surface area contributed by atoms with Gasteiger partial charge in [0.25, 0.3) is 0 Å². The molecule has 4 N–H and O–H groups in total. The number of nitrogens with one attached hydrogen (secondary N) is 1. The summed E-state index contributed by atoms with van der Waals surface area (Å²) in [4.78, 5) is 22.0. The van der Waals surface area contributed by atoms with Gasteiger partial charge in [-0.3, -0.25) is 9.69 Å². The van der Waals surface area contributed by atoms with E-state index in [0.717, 1.165) is 73.4 Å². The Morgan fingerprint density at radius 3 is 2.39 bits per heavy atom. The molecule has 1 aliphatic heterocycles. The Morgan fingerprint density at radius 1 is 1.09 bits per heavy atom. The number of aromatic hydroxyl groups is 1. The fraction of sp³-hybridized carbons (Fsp3) is 0.333. The molecule has 0 saturated carbocycles. The Hall–Kier alpha value is -3.38. The summed E-state index contributed by atoms with van der Waals surface area (Å²) in [6.45, 7) is 6.90. The predicted molar refractivity (Wildman–Crippen MR) is 131 cm³/mol. The second-order valence-electron chi connectivity index (χ2n) is 8.53. The topological polar surface area (TPSA) is 95.2 Å². The third-order valence-electron chi connectivity index (χ3n) is 6.55. The summed E-state index contributed by atoms with van der Waals surface area (Å²) in [7, 11) is 0. The highest BCUT2D eigenvalue weighted by Gasteiger charge is 2.23. The molecule has 1 aromatic heterocycles. The summed E-state index contributed by atoms with van der Waals surface area (Å²) in [5, 5.41) is 10.2. The second-order valence-corrected chi connectivity index (χ2v) is 8.53. The molecular weight excluding hydrogens is 412 g/mol. The van der Waals surface area contributed by atoms with Crippen molar-refractivity contribution in [2.24, 2.45) is 5.73 Å². The van der Waals surface area contributed by atoms with Gasteiger partial charge in [-0.25, -0.2) is 4.98 Å². The lowest BCUT2D eigenvalue weighted by atomic mass is 9.82. The molecule has 1 saturated heterocycles. The van der Waals surface area contributed by atoms with Gasteiger partial charge in [0.2, 0.25) is 5.91 Å². The number of nitrogens with two attached hydrogens (primary N) is 1. The molecule has 6 heteroatoms. The van der Waals surface area contributed by atoms with E-state index in [1.807, 2.05) is 30.5 Å². The number of aromatic nitrogens is 2. The van der Waals surface area contributed by atoms with Crippen LogP contribution in [0.4, 0.5) is 0 Å². The Kier molecular flexibility index (Phi) is 6.94. The summed E-state index contributed by atoms with van der Waals surface area (Å²) in [5.74, 6) is 0.854. The van der Waals surface area contributed by atoms with E-state index in [9.17, 15) is 9.90 Å². The predicted octanol–water partition coefficient (Wildman–Crippen LogP) is 4.44. The summed E-state index contributed by atoms with van der Waals surface area (Å²) >= 11 is 0. The monoisotopic (exact) mass is 444 g/mol. The number of phenolic OH excluding ortho intramolecular Hbond substituents is 1. The third kappa shape index (κ3) is 4.86. The third-order valence-corrected chi connectivity index (χ3v) is 6.55. The van der Waals surface area contributed by atoms with Gasteiger partial charge in [-0.15, -0.1) is 0 Å². The van der Waals surface area contributed by atoms with Crippen LogP contribution in [0.25, 0.3) is 5.57 Å². The molecule has 0 unspecified atom stereocenters. The minimum absolute atomic E-state index is 0.253. The quantitative estimate of drug-likeness (QED) is 0.502. The molecule has 0 spiro atoms. The summed E-state index contributed by atoms with van der Waals surface area (Å²) in [5.41, 5.74) is 13.2. The molecule has 2 heterocycles. The highest BCUT2D eigenvalue weighted by atomic mass is 16.3. The Morgan fingerprint density at radius 2 is 1.79 bits per heavy atom. The highest BCUT2D eigenvalue weighted by molar-refractivity contribution is 5.96. The molecule has 3 aromatic rings. The standard InChI is InChI=1S/C27H32N4O2/c1-3-21-22(4-2)24(27(28)33)9-8-23(21)26(19-6-5-7-20(32)16-19)18-10-14-31(15-11-18)17-25-29-12-13-30-25/h5-9,12-13,16,32H,3-4,10-11,14-15,17H2,1-2H3,(H2,28,33)(H,29,30). The van der Waals surface area contributed by atoms with E-state index in [0.29, 0.717) is 5.56 Å². The van der Waals surface area contributed by atoms with Crippen molar-refractivity contribution < 1.29 is 9.90 Å². The van der Waals surface area contributed by atoms with Gasteiger partial charge < -0.3 is 15.8 Å². The molecule has 0 radical (unpaired) electrons. The first kappa shape index (κ1) is 22.8. The van der Waals surface area contributed by atoms with Crippen molar-refractivity contribution in [2.75, 3.05) is 13.1 Å². The lowest BCUT2D eigenvalue weighted by Gasteiger charge is -2.30. The zero-order valence-corrected chi connectivity index (χ0v) is 19.4. The maximum absolute atomic E-state index is 12.1. The van der Waals surface area contributed by atoms with E-state index >= 15 is 0 Å². The number of piperidine rings is 1. The molecule has 0 atom stereocenters. The van der Waals surface area contributed by atoms with Crippen molar-refractivity contribution in [1.82, 2.24) is 14.9 Å². The zero-order chi connectivity index (χ0) is 23.4. The number of benzene rings is 2. The van der Waals surface area contributed by atoms with Crippen LogP contribution in [0, 0.1) is 0 Å². The van der Waals surface area contributed by atoms with Crippen LogP contribution in [0.5, 0.6) is 5.75 Å². The van der Waals surface area contributed by atoms with Gasteiger partial charge >= 0.3 is 0 Å². The van der Waals surface area contributed by atoms with E-state index in [1.54, 1.807) is 12.3 Å². The molecule has 0 aliphatic carbocycles. The van der Waals surface area contributed by atoms with E-state index in [1.165, 1.54) is 11.1 Å². The van der Waals surface area contributed by atoms with Crippen LogP contribution < -0.4 is 5.73 Å². The molecule has 1 aliphatic rings. The lowest BCUT2D eigenvalue weighted by molar-refractivity contribution is 0.0999. The van der Waals surface area contributed by atoms with E-state index in [2.05, 4.69) is 34.8 Å². The number of carbonyl (C=O) groups excluding carboxylic acids is 1. The maximum Gasteiger partial charge on any atom is 0.248 e. The first-order valence-electron chi connectivity index (χ1n) is 11.7. The number of hydrogen-bond donors (Lipinski definition) is 3. The fourth-order valence-electron chi connectivity index (χ4n) is 5.00. The first-order chi connectivity index (χ1) is 16.0. The number of hydrogen-bond acceptors (Lipinski definition) is 4. The number of nitrogens with zero attached hydrogens (tertiary/aromatic N) is 2. The van der Waals surface area contributed by atoms with Crippen LogP contribution in [0.1, 0.15) is 65.1 Å². The number of likely N-dealkylation sites (tertiary alicyclic amines) is 1. The van der Waals surface area contributed by atoms with E-state index in [4.69, 9.17) is 5.73 Å². The van der Waals surface area contributed by atoms with Crippen LogP contribution in [-0.4, -0.2) is 39.0 Å². The zero-order valence-electron chi connectivity index (χ0n) is 19.4. The van der Waals surface area contributed by atoms with Gasteiger partial charge in [-0.05, 0) is 71.7 Å². The normalized spacial score (nSPS) is 14.4. The van der Waals surface area contributed by atoms with Crippen LogP contribution in [0.3, 0.4) is 0 Å². The number of rotatable bonds is 7. The highest BCUT2D eigenvalue weighted by Crippen LogP contribution is 2.37. The average molecular weight is 445 g/mol. The number of phenols is 1. The minimum atomic E-state index is -0.383. The van der Waals surface area contributed by atoms with Crippen molar-refractivity contribution in [1.29, 1.82) is 0 Å². The Bertz CT molecular complexity index is 1150. The number of amides is 1. The molecule has 33 heavy (non-hydrogen) atoms. The van der Waals surface area contributed by atoms with E-state index < -0.39 is 0 Å². The van der Waals surface area contributed by atoms with Crippen molar-refractivity contribution in [3.8, 4) is 5.75 Å². The lowest BCUT2D eigenvalue weighted by Crippen LogP contribution is -2.31. The Labute approximate surface area is 195 Å². The van der Waals surface area contributed by atoms with Crippen molar-refractivity contribution in [2.45, 2.75) is 46.1 Å². The molecule has 0 bridgehead atoms. The number of imidazole rings is 1. The number of aromatic amines is 1. The number of H-pyrrole nitrogens is 1. The van der Waals surface area contributed by atoms with E-state index in [-0.39, 0.29) is 11.7 Å². The Balaban J connectivity index is 1.78. The van der Waals surface area contributed by atoms with Crippen LogP contribution in [0.15, 0.2) is 54.4 Å². The average Bonchev–Trinajstić information content (AvgIpc) is 3.33. The van der Waals surface area contributed by atoms with Crippen LogP contribution in [-0.2, 0) is 19.4 Å². The van der Waals surface area contributed by atoms with Gasteiger partial charge in [0, 0.05) is 31.0 Å². The number of carbonyl (C=O) groups is 1. The summed E-state index contributed by atoms with van der Waals surface area (Å²) < 4.78 is 0. The van der Waals surface area contributed by atoms with Crippen molar-refractivity contribution in [3.05, 3.63) is 88.0 Å². The molecule has 6 nitrogen and oxygen atoms in total. The minimum Gasteiger partial charge on any atom is -0.508 e. The molecular formula is C27H32N4O2. The largest absolute Gasteiger partial charge is 0.508 e. The van der Waals surface area contributed by atoms with Gasteiger partial charge in [-0.1, -0.05) is 37.6 Å². The molecule has 4 rings (SSSR count). The SMILES string of the molecule is CCc1c(C(N)=O)ccc(C(=C2CCN(Cc3ncc[nH]3)CC2)c2cccc(O)c2)c1CC. The molecule has 2 aromatic carbocycles. The van der Waals surface area contributed by atoms with Crippen molar-refractivity contribution >= 4 is 11.5 Å². The molecule has 1 fully saturated rings. The maximum atomic E-state index is 12.1. The summed E-state index contributed by atoms with van der Waals surface area (Å²) in [6.07, 6.45) is 7.08. The van der Waals surface area contributed by atoms with Crippen LogP contribution >= 0.6 is 0 Å². The van der Waals surface area contributed by atoms with Gasteiger partial charge in [0.1, 0.15) is 11.6 Å². The van der Waals surface area contributed by atoms with Crippen LogP contribution in [0.2, 0.25) is 0 Å². The van der Waals surface area contributed by atoms with Gasteiger partial charge in [0.05, 0.1) is 6.54 Å². The second kappa shape index (κ2) is 10.0. The van der Waals surface area contributed by atoms with Gasteiger partial charge in [0.15, 0.2) is 0 Å². The molecule has 172 valence electrons. The molecule has 1 amide bonds.